The molecule has 0 fully saturated rings. The molecule has 0 amide bonds. The zero-order valence-corrected chi connectivity index (χ0v) is 21.6. The number of aromatic amines is 2. The van der Waals surface area contributed by atoms with Gasteiger partial charge in [-0.05, 0) is 48.1 Å². The van der Waals surface area contributed by atoms with E-state index in [9.17, 15) is 13.6 Å². The lowest BCUT2D eigenvalue weighted by atomic mass is 9.94. The van der Waals surface area contributed by atoms with E-state index in [2.05, 4.69) is 20.3 Å². The summed E-state index contributed by atoms with van der Waals surface area (Å²) in [4.78, 5) is 22.0. The minimum Gasteiger partial charge on any atom is -0.361 e. The molecular formula is C29H25F3N4OS. The summed E-state index contributed by atoms with van der Waals surface area (Å²) >= 11 is 1.41. The minimum absolute atomic E-state index is 0.197. The Balaban J connectivity index is 1.45. The van der Waals surface area contributed by atoms with Crippen LogP contribution in [0.3, 0.4) is 0 Å². The molecule has 1 atom stereocenters. The van der Waals surface area contributed by atoms with E-state index < -0.39 is 11.6 Å². The highest BCUT2D eigenvalue weighted by atomic mass is 32.2. The molecule has 0 saturated carbocycles. The number of aromatic nitrogens is 3. The van der Waals surface area contributed by atoms with Crippen molar-refractivity contribution in [1.29, 1.82) is 0 Å². The van der Waals surface area contributed by atoms with Gasteiger partial charge in [0.25, 0.3) is 0 Å². The zero-order chi connectivity index (χ0) is 26.8. The maximum Gasteiger partial charge on any atom is 0.149 e. The Kier molecular flexibility index (Phi) is 7.28. The standard InChI is InChI=1S/C29H25F3N4OS/c1-16(19-7-3-5-17(26(19)32)6-4-12-37)25-15-34-29(36-25)21-13-18(8-9-22(21)30)35-27-23(31)14-24-20(10-11-33-24)28(27)38-2/h3,5,7-16,33,35H,4,6H2,1-2H3,(H,34,36). The fourth-order valence-corrected chi connectivity index (χ4v) is 5.35. The number of imidazole rings is 1. The molecule has 0 bridgehead atoms. The number of aldehydes is 1. The molecule has 38 heavy (non-hydrogen) atoms. The number of fused-ring (bicyclic) bond motifs is 1. The van der Waals surface area contributed by atoms with Crippen molar-refractivity contribution in [3.63, 3.8) is 0 Å². The number of anilines is 2. The average Bonchev–Trinajstić information content (AvgIpc) is 3.59. The van der Waals surface area contributed by atoms with Gasteiger partial charge in [-0.15, -0.1) is 11.8 Å². The van der Waals surface area contributed by atoms with Gasteiger partial charge in [0.1, 0.15) is 29.6 Å². The number of rotatable bonds is 9. The Morgan fingerprint density at radius 2 is 1.95 bits per heavy atom. The number of carbonyl (C=O) groups excluding carboxylic acids is 1. The van der Waals surface area contributed by atoms with Gasteiger partial charge in [-0.1, -0.05) is 25.1 Å². The van der Waals surface area contributed by atoms with Crippen LogP contribution in [0.25, 0.3) is 22.3 Å². The van der Waals surface area contributed by atoms with Crippen LogP contribution in [0.5, 0.6) is 0 Å². The molecule has 0 spiro atoms. The van der Waals surface area contributed by atoms with Gasteiger partial charge in [0.15, 0.2) is 0 Å². The zero-order valence-electron chi connectivity index (χ0n) is 20.7. The highest BCUT2D eigenvalue weighted by Gasteiger charge is 2.20. The van der Waals surface area contributed by atoms with Gasteiger partial charge in [-0.3, -0.25) is 0 Å². The first-order valence-electron chi connectivity index (χ1n) is 12.1. The Hall–Kier alpha value is -3.98. The number of hydrogen-bond acceptors (Lipinski definition) is 4. The smallest absolute Gasteiger partial charge is 0.149 e. The van der Waals surface area contributed by atoms with Crippen LogP contribution in [0.2, 0.25) is 0 Å². The van der Waals surface area contributed by atoms with E-state index in [0.29, 0.717) is 40.1 Å². The molecule has 9 heteroatoms. The number of benzene rings is 3. The predicted molar refractivity (Wildman–Crippen MR) is 146 cm³/mol. The van der Waals surface area contributed by atoms with Crippen LogP contribution in [-0.4, -0.2) is 27.5 Å². The van der Waals surface area contributed by atoms with Crippen molar-refractivity contribution < 1.29 is 18.0 Å². The number of nitrogens with one attached hydrogen (secondary N) is 3. The van der Waals surface area contributed by atoms with Gasteiger partial charge in [-0.2, -0.15) is 0 Å². The lowest BCUT2D eigenvalue weighted by molar-refractivity contribution is -0.107. The maximum absolute atomic E-state index is 15.1. The number of aryl methyl sites for hydroxylation is 1. The molecule has 3 N–H and O–H groups in total. The number of H-pyrrole nitrogens is 2. The summed E-state index contributed by atoms with van der Waals surface area (Å²) in [7, 11) is 0. The van der Waals surface area contributed by atoms with E-state index in [1.165, 1.54) is 30.0 Å². The van der Waals surface area contributed by atoms with Crippen molar-refractivity contribution in [2.75, 3.05) is 11.6 Å². The summed E-state index contributed by atoms with van der Waals surface area (Å²) in [6, 6.07) is 12.8. The Morgan fingerprint density at radius 1 is 1.11 bits per heavy atom. The van der Waals surface area contributed by atoms with Crippen LogP contribution in [0.4, 0.5) is 24.5 Å². The lowest BCUT2D eigenvalue weighted by Crippen LogP contribution is -2.03. The molecule has 0 aliphatic carbocycles. The quantitative estimate of drug-likeness (QED) is 0.134. The first-order chi connectivity index (χ1) is 18.4. The third kappa shape index (κ3) is 4.81. The fourth-order valence-electron chi connectivity index (χ4n) is 4.60. The van der Waals surface area contributed by atoms with Crippen molar-refractivity contribution in [3.05, 3.63) is 95.2 Å². The number of halogens is 3. The Bertz CT molecular complexity index is 1630. The molecule has 3 aromatic carbocycles. The van der Waals surface area contributed by atoms with Gasteiger partial charge < -0.3 is 20.1 Å². The highest BCUT2D eigenvalue weighted by Crippen LogP contribution is 2.38. The summed E-state index contributed by atoms with van der Waals surface area (Å²) in [5.41, 5.74) is 3.23. The monoisotopic (exact) mass is 534 g/mol. The van der Waals surface area contributed by atoms with Gasteiger partial charge >= 0.3 is 0 Å². The molecule has 0 aliphatic rings. The van der Waals surface area contributed by atoms with Crippen molar-refractivity contribution in [2.24, 2.45) is 0 Å². The molecule has 5 nitrogen and oxygen atoms in total. The maximum atomic E-state index is 15.1. The third-order valence-corrected chi connectivity index (χ3v) is 7.46. The molecule has 0 radical (unpaired) electrons. The molecule has 2 heterocycles. The van der Waals surface area contributed by atoms with Crippen LogP contribution in [-0.2, 0) is 11.2 Å². The van der Waals surface area contributed by atoms with Gasteiger partial charge in [0, 0.05) is 58.0 Å². The lowest BCUT2D eigenvalue weighted by Gasteiger charge is -2.14. The normalized spacial score (nSPS) is 12.1. The molecule has 194 valence electrons. The minimum atomic E-state index is -0.502. The van der Waals surface area contributed by atoms with Crippen LogP contribution in [0.1, 0.15) is 36.1 Å². The summed E-state index contributed by atoms with van der Waals surface area (Å²) < 4.78 is 45.0. The van der Waals surface area contributed by atoms with Crippen molar-refractivity contribution >= 4 is 40.3 Å². The number of nitrogens with zero attached hydrogens (tertiary/aromatic N) is 1. The van der Waals surface area contributed by atoms with Crippen molar-refractivity contribution in [3.8, 4) is 11.4 Å². The van der Waals surface area contributed by atoms with E-state index in [-0.39, 0.29) is 29.5 Å². The summed E-state index contributed by atoms with van der Waals surface area (Å²) in [5.74, 6) is -1.40. The van der Waals surface area contributed by atoms with Gasteiger partial charge in [0.2, 0.25) is 0 Å². The number of carbonyl (C=O) groups is 1. The summed E-state index contributed by atoms with van der Waals surface area (Å²) in [6.07, 6.45) is 6.52. The van der Waals surface area contributed by atoms with E-state index in [1.807, 2.05) is 19.2 Å². The topological polar surface area (TPSA) is 73.6 Å². The second kappa shape index (κ2) is 10.8. The third-order valence-electron chi connectivity index (χ3n) is 6.62. The highest BCUT2D eigenvalue weighted by molar-refractivity contribution is 7.99. The largest absolute Gasteiger partial charge is 0.361 e. The molecular weight excluding hydrogens is 509 g/mol. The van der Waals surface area contributed by atoms with E-state index in [4.69, 9.17) is 0 Å². The molecule has 2 aromatic heterocycles. The predicted octanol–water partition coefficient (Wildman–Crippen LogP) is 7.72. The molecule has 5 aromatic rings. The van der Waals surface area contributed by atoms with Crippen LogP contribution in [0, 0.1) is 17.5 Å². The SMILES string of the molecule is CSc1c(Nc2ccc(F)c(-c3ncc(C(C)c4cccc(CCC=O)c4F)[nH]3)c2)c(F)cc2[nH]ccc12. The second-order valence-electron chi connectivity index (χ2n) is 8.96. The second-order valence-corrected chi connectivity index (χ2v) is 9.78. The van der Waals surface area contributed by atoms with Crippen LogP contribution < -0.4 is 5.32 Å². The molecule has 0 aliphatic heterocycles. The first-order valence-corrected chi connectivity index (χ1v) is 13.3. The summed E-state index contributed by atoms with van der Waals surface area (Å²) in [5, 5.41) is 3.99. The first kappa shape index (κ1) is 25.7. The number of hydrogen-bond donors (Lipinski definition) is 3. The molecule has 5 rings (SSSR count). The van der Waals surface area contributed by atoms with Crippen LogP contribution in [0.15, 0.2) is 65.8 Å². The average molecular weight is 535 g/mol. The van der Waals surface area contributed by atoms with Gasteiger partial charge in [-0.25, -0.2) is 18.2 Å². The van der Waals surface area contributed by atoms with E-state index in [0.717, 1.165) is 16.6 Å². The molecule has 1 unspecified atom stereocenters. The fraction of sp³-hybridized carbons (Fsp3) is 0.172. The van der Waals surface area contributed by atoms with E-state index >= 15 is 4.39 Å². The van der Waals surface area contributed by atoms with E-state index in [1.54, 1.807) is 36.7 Å². The van der Waals surface area contributed by atoms with Crippen molar-refractivity contribution in [2.45, 2.75) is 30.6 Å². The molecule has 0 saturated heterocycles. The Morgan fingerprint density at radius 3 is 2.74 bits per heavy atom. The van der Waals surface area contributed by atoms with Gasteiger partial charge in [0.05, 0.1) is 11.3 Å². The van der Waals surface area contributed by atoms with Crippen molar-refractivity contribution in [1.82, 2.24) is 15.0 Å². The Labute approximate surface area is 221 Å². The summed E-state index contributed by atoms with van der Waals surface area (Å²) in [6.45, 7) is 1.83. The number of thioether (sulfide) groups is 1. The van der Waals surface area contributed by atoms with Crippen LogP contribution >= 0.6 is 11.8 Å².